The molecule has 2 N–H and O–H groups in total. The van der Waals surface area contributed by atoms with Crippen LogP contribution in [0.5, 0.6) is 11.5 Å². The maximum absolute atomic E-state index is 12.8. The van der Waals surface area contributed by atoms with Gasteiger partial charge in [0.05, 0.1) is 11.9 Å². The molecule has 0 radical (unpaired) electrons. The predicted molar refractivity (Wildman–Crippen MR) is 62.0 cm³/mol. The first-order chi connectivity index (χ1) is 9.36. The van der Waals surface area contributed by atoms with Gasteiger partial charge in [-0.05, 0) is 12.1 Å². The maximum Gasteiger partial charge on any atom is 0.586 e. The van der Waals surface area contributed by atoms with E-state index in [4.69, 9.17) is 0 Å². The van der Waals surface area contributed by atoms with Gasteiger partial charge in [0.2, 0.25) is 0 Å². The fourth-order valence-corrected chi connectivity index (χ4v) is 2.57. The van der Waals surface area contributed by atoms with Crippen molar-refractivity contribution in [3.05, 3.63) is 30.6 Å². The van der Waals surface area contributed by atoms with Gasteiger partial charge in [-0.15, -0.1) is 8.78 Å². The lowest BCUT2D eigenvalue weighted by atomic mass is 10.3. The van der Waals surface area contributed by atoms with Crippen molar-refractivity contribution in [2.45, 2.75) is 11.2 Å². The summed E-state index contributed by atoms with van der Waals surface area (Å²) in [5.74, 6) is -0.413. The van der Waals surface area contributed by atoms with Crippen molar-refractivity contribution in [2.75, 3.05) is 4.72 Å². The van der Waals surface area contributed by atoms with Crippen LogP contribution in [0.2, 0.25) is 0 Å². The molecule has 0 amide bonds. The number of hydrogen-bond acceptors (Lipinski definition) is 5. The smallest absolute Gasteiger partial charge is 0.395 e. The largest absolute Gasteiger partial charge is 0.586 e. The SMILES string of the molecule is O=S(=O)(Nc1ccc2c(c1)OC(F)(F)O2)c1cn[nH]c1. The summed E-state index contributed by atoms with van der Waals surface area (Å²) in [6.45, 7) is 0. The van der Waals surface area contributed by atoms with E-state index in [2.05, 4.69) is 24.4 Å². The molecular weight excluding hydrogens is 296 g/mol. The molecule has 1 aromatic heterocycles. The second kappa shape index (κ2) is 4.07. The molecule has 0 fully saturated rings. The summed E-state index contributed by atoms with van der Waals surface area (Å²) >= 11 is 0. The van der Waals surface area contributed by atoms with Gasteiger partial charge in [0.25, 0.3) is 10.0 Å². The molecule has 0 saturated carbocycles. The van der Waals surface area contributed by atoms with Crippen LogP contribution in [0.3, 0.4) is 0 Å². The van der Waals surface area contributed by atoms with Crippen molar-refractivity contribution in [1.29, 1.82) is 0 Å². The van der Waals surface area contributed by atoms with E-state index in [1.54, 1.807) is 0 Å². The molecule has 0 spiro atoms. The number of halogens is 2. The number of rotatable bonds is 3. The van der Waals surface area contributed by atoms with E-state index in [-0.39, 0.29) is 22.1 Å². The molecule has 1 aromatic carbocycles. The third-order valence-corrected chi connectivity index (χ3v) is 3.79. The highest BCUT2D eigenvalue weighted by atomic mass is 32.2. The van der Waals surface area contributed by atoms with Crippen molar-refractivity contribution in [3.8, 4) is 11.5 Å². The summed E-state index contributed by atoms with van der Waals surface area (Å²) in [6, 6.07) is 3.57. The molecule has 0 saturated heterocycles. The van der Waals surface area contributed by atoms with Gasteiger partial charge in [-0.3, -0.25) is 9.82 Å². The molecule has 7 nitrogen and oxygen atoms in total. The van der Waals surface area contributed by atoms with Gasteiger partial charge < -0.3 is 9.47 Å². The number of sulfonamides is 1. The first-order valence-corrected chi connectivity index (χ1v) is 6.76. The molecule has 1 aliphatic rings. The van der Waals surface area contributed by atoms with Crippen molar-refractivity contribution in [3.63, 3.8) is 0 Å². The highest BCUT2D eigenvalue weighted by Gasteiger charge is 2.43. The summed E-state index contributed by atoms with van der Waals surface area (Å²) in [6.07, 6.45) is -1.45. The molecule has 106 valence electrons. The average Bonchev–Trinajstić information content (AvgIpc) is 2.93. The fraction of sp³-hybridized carbons (Fsp3) is 0.100. The Balaban J connectivity index is 1.88. The number of nitrogens with one attached hydrogen (secondary N) is 2. The second-order valence-corrected chi connectivity index (χ2v) is 5.55. The molecule has 0 bridgehead atoms. The zero-order valence-corrected chi connectivity index (χ0v) is 10.4. The third-order valence-electron chi connectivity index (χ3n) is 2.44. The molecule has 1 aliphatic heterocycles. The number of H-pyrrole nitrogens is 1. The number of alkyl halides is 2. The van der Waals surface area contributed by atoms with Crippen LogP contribution in [0.4, 0.5) is 14.5 Å². The van der Waals surface area contributed by atoms with Crippen LogP contribution in [-0.4, -0.2) is 24.9 Å². The van der Waals surface area contributed by atoms with E-state index in [9.17, 15) is 17.2 Å². The molecule has 0 unspecified atom stereocenters. The molecule has 2 heterocycles. The van der Waals surface area contributed by atoms with E-state index in [1.165, 1.54) is 18.3 Å². The van der Waals surface area contributed by atoms with Gasteiger partial charge in [-0.2, -0.15) is 5.10 Å². The zero-order valence-electron chi connectivity index (χ0n) is 9.63. The number of ether oxygens (including phenoxy) is 2. The Kier molecular flexibility index (Phi) is 2.57. The van der Waals surface area contributed by atoms with Gasteiger partial charge in [-0.1, -0.05) is 0 Å². The molecule has 10 heteroatoms. The van der Waals surface area contributed by atoms with Crippen LogP contribution in [0, 0.1) is 0 Å². The molecule has 0 aliphatic carbocycles. The van der Waals surface area contributed by atoms with Crippen LogP contribution >= 0.6 is 0 Å². The zero-order chi connectivity index (χ0) is 14.4. The summed E-state index contributed by atoms with van der Waals surface area (Å²) in [4.78, 5) is -0.0829. The van der Waals surface area contributed by atoms with Crippen molar-refractivity contribution in [1.82, 2.24) is 10.2 Å². The molecule has 3 rings (SSSR count). The molecule has 0 atom stereocenters. The van der Waals surface area contributed by atoms with Crippen LogP contribution in [0.25, 0.3) is 0 Å². The highest BCUT2D eigenvalue weighted by molar-refractivity contribution is 7.92. The number of anilines is 1. The Morgan fingerprint density at radius 2 is 2.00 bits per heavy atom. The summed E-state index contributed by atoms with van der Waals surface area (Å²) in [5.41, 5.74) is 0.0613. The predicted octanol–water partition coefficient (Wildman–Crippen LogP) is 1.53. The standard InChI is InChI=1S/C10H7F2N3O4S/c11-10(12)18-8-2-1-6(3-9(8)19-10)15-20(16,17)7-4-13-14-5-7/h1-5,15H,(H,13,14). The molecule has 2 aromatic rings. The summed E-state index contributed by atoms with van der Waals surface area (Å²) in [7, 11) is -3.84. The van der Waals surface area contributed by atoms with Gasteiger partial charge >= 0.3 is 6.29 Å². The summed E-state index contributed by atoms with van der Waals surface area (Å²) in [5, 5.41) is 5.88. The number of aromatic nitrogens is 2. The second-order valence-electron chi connectivity index (χ2n) is 3.87. The lowest BCUT2D eigenvalue weighted by Gasteiger charge is -2.06. The van der Waals surface area contributed by atoms with Gasteiger partial charge in [0.1, 0.15) is 4.90 Å². The van der Waals surface area contributed by atoms with Gasteiger partial charge in [-0.25, -0.2) is 8.42 Å². The number of aromatic amines is 1. The Bertz CT molecular complexity index is 746. The number of fused-ring (bicyclic) bond motifs is 1. The van der Waals surface area contributed by atoms with E-state index in [0.29, 0.717) is 0 Å². The Hall–Kier alpha value is -2.36. The van der Waals surface area contributed by atoms with Crippen molar-refractivity contribution >= 4 is 15.7 Å². The molecular formula is C10H7F2N3O4S. The average molecular weight is 303 g/mol. The van der Waals surface area contributed by atoms with E-state index < -0.39 is 16.3 Å². The maximum atomic E-state index is 12.8. The highest BCUT2D eigenvalue weighted by Crippen LogP contribution is 2.42. The van der Waals surface area contributed by atoms with Crippen LogP contribution in [0.15, 0.2) is 35.5 Å². The third kappa shape index (κ3) is 2.25. The lowest BCUT2D eigenvalue weighted by Crippen LogP contribution is -2.25. The topological polar surface area (TPSA) is 93.3 Å². The Morgan fingerprint density at radius 1 is 1.25 bits per heavy atom. The van der Waals surface area contributed by atoms with Gasteiger partial charge in [0.15, 0.2) is 11.5 Å². The fourth-order valence-electron chi connectivity index (χ4n) is 1.61. The minimum absolute atomic E-state index is 0.0613. The van der Waals surface area contributed by atoms with E-state index in [1.807, 2.05) is 0 Å². The monoisotopic (exact) mass is 303 g/mol. The quantitative estimate of drug-likeness (QED) is 0.897. The Labute approximate surface area is 111 Å². The molecule has 20 heavy (non-hydrogen) atoms. The number of hydrogen-bond donors (Lipinski definition) is 2. The van der Waals surface area contributed by atoms with Crippen LogP contribution in [0.1, 0.15) is 0 Å². The van der Waals surface area contributed by atoms with Crippen molar-refractivity contribution in [2.24, 2.45) is 0 Å². The Morgan fingerprint density at radius 3 is 2.70 bits per heavy atom. The summed E-state index contributed by atoms with van der Waals surface area (Å²) < 4.78 is 60.1. The van der Waals surface area contributed by atoms with Crippen LogP contribution in [-0.2, 0) is 10.0 Å². The first-order valence-electron chi connectivity index (χ1n) is 5.27. The first kappa shape index (κ1) is 12.7. The van der Waals surface area contributed by atoms with Crippen molar-refractivity contribution < 1.29 is 26.7 Å². The van der Waals surface area contributed by atoms with E-state index >= 15 is 0 Å². The minimum atomic E-state index is -3.84. The van der Waals surface area contributed by atoms with Crippen LogP contribution < -0.4 is 14.2 Å². The number of benzene rings is 1. The normalized spacial score (nSPS) is 16.1. The lowest BCUT2D eigenvalue weighted by molar-refractivity contribution is -0.286. The van der Waals surface area contributed by atoms with Gasteiger partial charge in [0, 0.05) is 12.3 Å². The number of nitrogens with zero attached hydrogens (tertiary/aromatic N) is 1. The van der Waals surface area contributed by atoms with E-state index in [0.717, 1.165) is 12.3 Å². The minimum Gasteiger partial charge on any atom is -0.395 e.